The third-order valence-corrected chi connectivity index (χ3v) is 4.89. The number of cyclic esters (lactones) is 1. The molecule has 1 aromatic heterocycles. The second-order valence-electron chi connectivity index (χ2n) is 6.04. The van der Waals surface area contributed by atoms with Crippen LogP contribution in [0.2, 0.25) is 0 Å². The van der Waals surface area contributed by atoms with Crippen molar-refractivity contribution in [3.63, 3.8) is 0 Å². The molecule has 0 radical (unpaired) electrons. The summed E-state index contributed by atoms with van der Waals surface area (Å²) in [5, 5.41) is 0.431. The Balaban J connectivity index is 1.77. The Morgan fingerprint density at radius 1 is 1.35 bits per heavy atom. The molecule has 1 amide bonds. The molecule has 1 unspecified atom stereocenters. The summed E-state index contributed by atoms with van der Waals surface area (Å²) < 4.78 is 19.6. The van der Waals surface area contributed by atoms with Crippen molar-refractivity contribution in [1.29, 1.82) is 0 Å². The molecule has 0 spiro atoms. The van der Waals surface area contributed by atoms with E-state index in [0.29, 0.717) is 43.0 Å². The summed E-state index contributed by atoms with van der Waals surface area (Å²) in [4.78, 5) is 24.2. The first-order valence-electron chi connectivity index (χ1n) is 7.73. The van der Waals surface area contributed by atoms with Gasteiger partial charge in [0.25, 0.3) is 0 Å². The smallest absolute Gasteiger partial charge is 0.410 e. The highest BCUT2D eigenvalue weighted by Gasteiger charge is 2.49. The molecule has 2 fully saturated rings. The van der Waals surface area contributed by atoms with Crippen LogP contribution in [-0.4, -0.2) is 52.7 Å². The minimum Gasteiger partial charge on any atom is -0.447 e. The van der Waals surface area contributed by atoms with Crippen LogP contribution in [0.15, 0.2) is 24.5 Å². The van der Waals surface area contributed by atoms with Crippen molar-refractivity contribution >= 4 is 22.8 Å². The second-order valence-corrected chi connectivity index (χ2v) is 6.04. The van der Waals surface area contributed by atoms with Crippen LogP contribution in [0.4, 0.5) is 15.0 Å². The first-order valence-corrected chi connectivity index (χ1v) is 7.73. The summed E-state index contributed by atoms with van der Waals surface area (Å²) in [5.41, 5.74) is 0.222. The van der Waals surface area contributed by atoms with E-state index in [9.17, 15) is 9.18 Å². The van der Waals surface area contributed by atoms with Gasteiger partial charge in [-0.25, -0.2) is 19.2 Å². The third-order valence-electron chi connectivity index (χ3n) is 4.89. The topological polar surface area (TPSA) is 58.6 Å². The number of aromatic nitrogens is 2. The number of carbonyl (C=O) groups excluding carboxylic acids is 1. The van der Waals surface area contributed by atoms with Crippen LogP contribution >= 0.6 is 0 Å². The lowest BCUT2D eigenvalue weighted by Crippen LogP contribution is -2.61. The molecule has 7 heteroatoms. The Bertz CT molecular complexity index is 779. The van der Waals surface area contributed by atoms with E-state index in [2.05, 4.69) is 9.97 Å². The molecule has 2 aromatic rings. The van der Waals surface area contributed by atoms with Crippen molar-refractivity contribution in [2.45, 2.75) is 18.9 Å². The van der Waals surface area contributed by atoms with E-state index in [1.54, 1.807) is 17.0 Å². The van der Waals surface area contributed by atoms with Gasteiger partial charge in [-0.1, -0.05) is 13.0 Å². The second kappa shape index (κ2) is 5.04. The highest BCUT2D eigenvalue weighted by atomic mass is 19.1. The molecular weight excluding hydrogens is 299 g/mol. The van der Waals surface area contributed by atoms with Gasteiger partial charge in [0.05, 0.1) is 16.4 Å². The molecule has 2 aliphatic heterocycles. The van der Waals surface area contributed by atoms with Gasteiger partial charge in [-0.15, -0.1) is 0 Å². The number of rotatable bonds is 2. The van der Waals surface area contributed by atoms with Crippen LogP contribution < -0.4 is 4.90 Å². The third kappa shape index (κ3) is 2.03. The predicted molar refractivity (Wildman–Crippen MR) is 82.8 cm³/mol. The van der Waals surface area contributed by atoms with Crippen molar-refractivity contribution < 1.29 is 13.9 Å². The largest absolute Gasteiger partial charge is 0.447 e. The van der Waals surface area contributed by atoms with Crippen LogP contribution in [0.3, 0.4) is 0 Å². The lowest BCUT2D eigenvalue weighted by atomic mass is 9.92. The summed E-state index contributed by atoms with van der Waals surface area (Å²) in [6, 6.07) is 4.84. The molecule has 6 nitrogen and oxygen atoms in total. The van der Waals surface area contributed by atoms with Crippen molar-refractivity contribution in [3.05, 3.63) is 30.3 Å². The Kier molecular flexibility index (Phi) is 3.11. The van der Waals surface area contributed by atoms with Gasteiger partial charge in [-0.3, -0.25) is 4.90 Å². The van der Waals surface area contributed by atoms with Gasteiger partial charge >= 0.3 is 6.09 Å². The van der Waals surface area contributed by atoms with Crippen molar-refractivity contribution in [2.75, 3.05) is 31.1 Å². The van der Waals surface area contributed by atoms with Crippen LogP contribution in [0.25, 0.3) is 10.9 Å². The molecule has 4 rings (SSSR count). The van der Waals surface area contributed by atoms with E-state index in [1.165, 1.54) is 12.4 Å². The first-order chi connectivity index (χ1) is 11.1. The number of piperazine rings is 1. The first kappa shape index (κ1) is 14.2. The molecule has 0 aliphatic carbocycles. The maximum atomic E-state index is 14.3. The van der Waals surface area contributed by atoms with E-state index in [4.69, 9.17) is 4.74 Å². The van der Waals surface area contributed by atoms with Crippen LogP contribution in [0.1, 0.15) is 13.3 Å². The molecule has 0 N–H and O–H groups in total. The van der Waals surface area contributed by atoms with Gasteiger partial charge in [-0.2, -0.15) is 0 Å². The molecule has 3 heterocycles. The molecule has 23 heavy (non-hydrogen) atoms. The van der Waals surface area contributed by atoms with Gasteiger partial charge in [0, 0.05) is 19.6 Å². The van der Waals surface area contributed by atoms with E-state index in [-0.39, 0.29) is 17.4 Å². The fourth-order valence-corrected chi connectivity index (χ4v) is 3.54. The predicted octanol–water partition coefficient (Wildman–Crippen LogP) is 2.19. The minimum atomic E-state index is -0.363. The Labute approximate surface area is 132 Å². The molecule has 0 saturated carbocycles. The minimum absolute atomic E-state index is 0.259. The lowest BCUT2D eigenvalue weighted by molar-refractivity contribution is 0.137. The number of benzene rings is 1. The number of ether oxygens (including phenoxy) is 1. The quantitative estimate of drug-likeness (QED) is 0.850. The fraction of sp³-hybridized carbons (Fsp3) is 0.438. The highest BCUT2D eigenvalue weighted by Crippen LogP contribution is 2.35. The van der Waals surface area contributed by atoms with Gasteiger partial charge in [0.1, 0.15) is 24.6 Å². The van der Waals surface area contributed by atoms with Crippen molar-refractivity contribution in [3.8, 4) is 0 Å². The Morgan fingerprint density at radius 2 is 2.22 bits per heavy atom. The van der Waals surface area contributed by atoms with E-state index in [1.807, 2.05) is 11.8 Å². The standard InChI is InChI=1S/C16H17FN4O2/c1-2-16-8-20(6-7-21(16)15(22)23-9-16)14-13-11(17)4-3-5-12(13)18-10-19-14/h3-5,10H,2,6-9H2,1H3. The average molecular weight is 316 g/mol. The van der Waals surface area contributed by atoms with Crippen molar-refractivity contribution in [2.24, 2.45) is 0 Å². The molecule has 2 aliphatic rings. The number of halogens is 1. The fourth-order valence-electron chi connectivity index (χ4n) is 3.54. The SMILES string of the molecule is CCC12COC(=O)N1CCN(c1ncnc3cccc(F)c13)C2. The number of carbonyl (C=O) groups is 1. The van der Waals surface area contributed by atoms with Crippen LogP contribution in [0.5, 0.6) is 0 Å². The van der Waals surface area contributed by atoms with Gasteiger partial charge < -0.3 is 9.64 Å². The molecular formula is C16H17FN4O2. The number of amides is 1. The summed E-state index contributed by atoms with van der Waals surface area (Å²) >= 11 is 0. The van der Waals surface area contributed by atoms with Gasteiger partial charge in [-0.05, 0) is 18.6 Å². The van der Waals surface area contributed by atoms with Crippen molar-refractivity contribution in [1.82, 2.24) is 14.9 Å². The number of nitrogens with zero attached hydrogens (tertiary/aromatic N) is 4. The Morgan fingerprint density at radius 3 is 3.04 bits per heavy atom. The highest BCUT2D eigenvalue weighted by molar-refractivity contribution is 5.90. The number of hydrogen-bond donors (Lipinski definition) is 0. The van der Waals surface area contributed by atoms with E-state index in [0.717, 1.165) is 6.42 Å². The zero-order valence-corrected chi connectivity index (χ0v) is 12.8. The van der Waals surface area contributed by atoms with Gasteiger partial charge in [0.2, 0.25) is 0 Å². The normalized spacial score (nSPS) is 24.0. The maximum Gasteiger partial charge on any atom is 0.410 e. The summed E-state index contributed by atoms with van der Waals surface area (Å²) in [7, 11) is 0. The summed E-state index contributed by atoms with van der Waals surface area (Å²) in [6.45, 7) is 4.13. The molecule has 1 atom stereocenters. The van der Waals surface area contributed by atoms with E-state index >= 15 is 0 Å². The number of fused-ring (bicyclic) bond motifs is 2. The maximum absolute atomic E-state index is 14.3. The average Bonchev–Trinajstić information content (AvgIpc) is 2.92. The van der Waals surface area contributed by atoms with Gasteiger partial charge in [0.15, 0.2) is 0 Å². The monoisotopic (exact) mass is 316 g/mol. The molecule has 0 bridgehead atoms. The number of anilines is 1. The van der Waals surface area contributed by atoms with Crippen LogP contribution in [-0.2, 0) is 4.74 Å². The lowest BCUT2D eigenvalue weighted by Gasteiger charge is -2.44. The number of hydrogen-bond acceptors (Lipinski definition) is 5. The summed E-state index contributed by atoms with van der Waals surface area (Å²) in [6.07, 6.45) is 1.98. The molecule has 120 valence electrons. The van der Waals surface area contributed by atoms with Crippen LogP contribution in [0, 0.1) is 5.82 Å². The summed E-state index contributed by atoms with van der Waals surface area (Å²) in [5.74, 6) is 0.254. The molecule has 2 saturated heterocycles. The van der Waals surface area contributed by atoms with E-state index < -0.39 is 0 Å². The zero-order valence-electron chi connectivity index (χ0n) is 12.8. The zero-order chi connectivity index (χ0) is 16.0. The molecule has 1 aromatic carbocycles. The Hall–Kier alpha value is -2.44.